The summed E-state index contributed by atoms with van der Waals surface area (Å²) in [6, 6.07) is -3.39. The van der Waals surface area contributed by atoms with E-state index in [1.54, 1.807) is 0 Å². The third-order valence-corrected chi connectivity index (χ3v) is 1.71. The van der Waals surface area contributed by atoms with E-state index in [0.29, 0.717) is 0 Å². The van der Waals surface area contributed by atoms with Crippen molar-refractivity contribution in [2.24, 2.45) is 17.2 Å². The van der Waals surface area contributed by atoms with Gasteiger partial charge in [0.05, 0.1) is 6.04 Å². The maximum atomic E-state index is 11.3. The van der Waals surface area contributed by atoms with Crippen LogP contribution in [-0.2, 0) is 9.59 Å². The zero-order chi connectivity index (χ0) is 11.5. The highest BCUT2D eigenvalue weighted by atomic mass is 16.4. The Kier molecular flexibility index (Phi) is 4.35. The smallest absolute Gasteiger partial charge is 0.326 e. The summed E-state index contributed by atoms with van der Waals surface area (Å²) in [5.41, 5.74) is 15.0. The van der Waals surface area contributed by atoms with Crippen molar-refractivity contribution in [3.63, 3.8) is 0 Å². The molecule has 0 fully saturated rings. The Balaban J connectivity index is 4.55. The third-order valence-electron chi connectivity index (χ3n) is 1.71. The van der Waals surface area contributed by atoms with Gasteiger partial charge in [0.1, 0.15) is 11.8 Å². The van der Waals surface area contributed by atoms with Gasteiger partial charge in [0.2, 0.25) is 0 Å². The molecule has 7 heteroatoms. The molecule has 0 aromatic heterocycles. The van der Waals surface area contributed by atoms with E-state index in [1.807, 2.05) is 0 Å². The van der Waals surface area contributed by atoms with Gasteiger partial charge in [0.15, 0.2) is 5.78 Å². The average molecular weight is 202 g/mol. The Morgan fingerprint density at radius 3 is 2.00 bits per heavy atom. The number of nitrogens with two attached hydrogens (primary N) is 3. The summed E-state index contributed by atoms with van der Waals surface area (Å²) in [4.78, 5) is 21.6. The van der Waals surface area contributed by atoms with Crippen molar-refractivity contribution in [2.45, 2.75) is 25.0 Å². The van der Waals surface area contributed by atoms with Gasteiger partial charge in [-0.05, 0) is 6.92 Å². The number of hydrogen-bond acceptors (Lipinski definition) is 6. The standard InChI is InChI=1S/C7H14N4O3/c1-2(8)3(9)6(12)4(10)5(11)7(13)14/h2-3,5,10H,8-9,11H2,1H3,(H,13,14). The number of carboxylic acids is 1. The number of carbonyl (C=O) groups excluding carboxylic acids is 1. The fourth-order valence-electron chi connectivity index (χ4n) is 0.695. The van der Waals surface area contributed by atoms with Crippen LogP contribution in [0.2, 0.25) is 0 Å². The minimum atomic E-state index is -1.65. The Labute approximate surface area is 80.8 Å². The van der Waals surface area contributed by atoms with E-state index < -0.39 is 35.6 Å². The largest absolute Gasteiger partial charge is 0.480 e. The highest BCUT2D eigenvalue weighted by Gasteiger charge is 2.29. The molecule has 3 atom stereocenters. The average Bonchev–Trinajstić information content (AvgIpc) is 2.12. The van der Waals surface area contributed by atoms with Crippen LogP contribution in [0.5, 0.6) is 0 Å². The van der Waals surface area contributed by atoms with Gasteiger partial charge in [-0.15, -0.1) is 0 Å². The molecule has 0 heterocycles. The van der Waals surface area contributed by atoms with E-state index in [-0.39, 0.29) is 0 Å². The Morgan fingerprint density at radius 2 is 1.71 bits per heavy atom. The highest BCUT2D eigenvalue weighted by Crippen LogP contribution is 1.94. The van der Waals surface area contributed by atoms with E-state index in [4.69, 9.17) is 27.7 Å². The van der Waals surface area contributed by atoms with E-state index in [2.05, 4.69) is 0 Å². The quantitative estimate of drug-likeness (QED) is 0.314. The number of carbonyl (C=O) groups is 2. The molecule has 0 aliphatic carbocycles. The van der Waals surface area contributed by atoms with Gasteiger partial charge >= 0.3 is 5.97 Å². The predicted octanol–water partition coefficient (Wildman–Crippen LogP) is -2.34. The molecular formula is C7H14N4O3. The topological polar surface area (TPSA) is 156 Å². The number of rotatable bonds is 5. The number of nitrogens with one attached hydrogen (secondary N) is 1. The van der Waals surface area contributed by atoms with Crippen LogP contribution in [0.25, 0.3) is 0 Å². The molecule has 0 rings (SSSR count). The molecule has 8 N–H and O–H groups in total. The van der Waals surface area contributed by atoms with Crippen LogP contribution in [0.3, 0.4) is 0 Å². The van der Waals surface area contributed by atoms with Gasteiger partial charge in [0.25, 0.3) is 0 Å². The molecule has 0 aliphatic rings. The SMILES string of the molecule is CC(N)C(N)C(=O)C(=N)C(N)C(=O)O. The second-order valence-corrected chi connectivity index (χ2v) is 2.98. The van der Waals surface area contributed by atoms with E-state index in [0.717, 1.165) is 0 Å². The number of carboxylic acid groups (broad SMARTS) is 1. The normalized spacial score (nSPS) is 16.9. The summed E-state index contributed by atoms with van der Waals surface area (Å²) in [7, 11) is 0. The molecular weight excluding hydrogens is 188 g/mol. The fourth-order valence-corrected chi connectivity index (χ4v) is 0.695. The second-order valence-electron chi connectivity index (χ2n) is 2.98. The first kappa shape index (κ1) is 12.7. The molecule has 0 aromatic carbocycles. The first-order valence-corrected chi connectivity index (χ1v) is 3.91. The van der Waals surface area contributed by atoms with Crippen molar-refractivity contribution in [1.82, 2.24) is 0 Å². The Morgan fingerprint density at radius 1 is 1.29 bits per heavy atom. The lowest BCUT2D eigenvalue weighted by Gasteiger charge is -2.16. The molecule has 0 radical (unpaired) electrons. The monoisotopic (exact) mass is 202 g/mol. The first-order valence-electron chi connectivity index (χ1n) is 3.91. The third kappa shape index (κ3) is 2.87. The summed E-state index contributed by atoms with van der Waals surface area (Å²) >= 11 is 0. The maximum absolute atomic E-state index is 11.3. The summed E-state index contributed by atoms with van der Waals surface area (Å²) in [6.45, 7) is 1.49. The van der Waals surface area contributed by atoms with Crippen molar-refractivity contribution in [3.05, 3.63) is 0 Å². The number of Topliss-reactive ketones (excluding diaryl/α,β-unsaturated/α-hetero) is 1. The molecule has 3 unspecified atom stereocenters. The molecule has 80 valence electrons. The fraction of sp³-hybridized carbons (Fsp3) is 0.571. The van der Waals surface area contributed by atoms with Crippen LogP contribution < -0.4 is 17.2 Å². The van der Waals surface area contributed by atoms with Crippen molar-refractivity contribution in [3.8, 4) is 0 Å². The molecule has 0 aromatic rings. The first-order chi connectivity index (χ1) is 6.29. The van der Waals surface area contributed by atoms with Crippen molar-refractivity contribution < 1.29 is 14.7 Å². The predicted molar refractivity (Wildman–Crippen MR) is 50.0 cm³/mol. The van der Waals surface area contributed by atoms with Crippen LogP contribution in [-0.4, -0.2) is 40.7 Å². The molecule has 0 bridgehead atoms. The van der Waals surface area contributed by atoms with Crippen LogP contribution in [0.1, 0.15) is 6.92 Å². The van der Waals surface area contributed by atoms with Gasteiger partial charge < -0.3 is 22.3 Å². The van der Waals surface area contributed by atoms with Gasteiger partial charge in [-0.25, -0.2) is 0 Å². The molecule has 0 amide bonds. The minimum Gasteiger partial charge on any atom is -0.480 e. The van der Waals surface area contributed by atoms with Gasteiger partial charge in [-0.1, -0.05) is 0 Å². The van der Waals surface area contributed by atoms with Crippen LogP contribution >= 0.6 is 0 Å². The molecule has 0 spiro atoms. The summed E-state index contributed by atoms with van der Waals surface area (Å²) < 4.78 is 0. The Bertz CT molecular complexity index is 264. The maximum Gasteiger partial charge on any atom is 0.326 e. The molecule has 0 aliphatic heterocycles. The van der Waals surface area contributed by atoms with Crippen molar-refractivity contribution in [1.29, 1.82) is 5.41 Å². The van der Waals surface area contributed by atoms with Crippen LogP contribution in [0.15, 0.2) is 0 Å². The highest BCUT2D eigenvalue weighted by molar-refractivity contribution is 6.45. The summed E-state index contributed by atoms with van der Waals surface area (Å²) in [5.74, 6) is -2.28. The Hall–Kier alpha value is -1.31. The van der Waals surface area contributed by atoms with Gasteiger partial charge in [-0.3, -0.25) is 15.0 Å². The molecule has 14 heavy (non-hydrogen) atoms. The second kappa shape index (κ2) is 4.80. The summed E-state index contributed by atoms with van der Waals surface area (Å²) in [5, 5.41) is 15.6. The molecule has 0 saturated carbocycles. The number of aliphatic carboxylic acids is 1. The lowest BCUT2D eigenvalue weighted by molar-refractivity contribution is -0.137. The molecule has 0 saturated heterocycles. The number of hydrogen-bond donors (Lipinski definition) is 5. The van der Waals surface area contributed by atoms with Crippen LogP contribution in [0, 0.1) is 5.41 Å². The van der Waals surface area contributed by atoms with E-state index in [9.17, 15) is 9.59 Å². The van der Waals surface area contributed by atoms with Crippen molar-refractivity contribution >= 4 is 17.5 Å². The van der Waals surface area contributed by atoms with Crippen molar-refractivity contribution in [2.75, 3.05) is 0 Å². The summed E-state index contributed by atoms with van der Waals surface area (Å²) in [6.07, 6.45) is 0. The minimum absolute atomic E-state index is 0.649. The molecule has 7 nitrogen and oxygen atoms in total. The van der Waals surface area contributed by atoms with Crippen LogP contribution in [0.4, 0.5) is 0 Å². The van der Waals surface area contributed by atoms with E-state index >= 15 is 0 Å². The van der Waals surface area contributed by atoms with Gasteiger partial charge in [0, 0.05) is 6.04 Å². The van der Waals surface area contributed by atoms with E-state index in [1.165, 1.54) is 6.92 Å². The van der Waals surface area contributed by atoms with Gasteiger partial charge in [-0.2, -0.15) is 0 Å². The lowest BCUT2D eigenvalue weighted by Crippen LogP contribution is -2.53. The zero-order valence-corrected chi connectivity index (χ0v) is 7.73. The number of ketones is 1. The zero-order valence-electron chi connectivity index (χ0n) is 7.73. The lowest BCUT2D eigenvalue weighted by atomic mass is 9.99.